The first-order chi connectivity index (χ1) is 7.47. The van der Waals surface area contributed by atoms with Crippen LogP contribution in [-0.4, -0.2) is 63.7 Å². The van der Waals surface area contributed by atoms with Crippen molar-refractivity contribution >= 4 is 5.97 Å². The fourth-order valence-electron chi connectivity index (χ4n) is 1.31. The van der Waals surface area contributed by atoms with E-state index in [1.54, 1.807) is 0 Å². The van der Waals surface area contributed by atoms with Gasteiger partial charge in [-0.1, -0.05) is 0 Å². The lowest BCUT2D eigenvalue weighted by molar-refractivity contribution is -0.372. The Bertz CT molecular complexity index is 242. The minimum Gasteiger partial charge on any atom is -0.394 e. The average Bonchev–Trinajstić information content (AvgIpc) is 2.23. The van der Waals surface area contributed by atoms with Gasteiger partial charge in [0, 0.05) is 6.92 Å². The molecule has 0 bridgehead atoms. The van der Waals surface area contributed by atoms with Gasteiger partial charge in [0.05, 0.1) is 6.61 Å². The zero-order chi connectivity index (χ0) is 12.3. The number of carbonyl (C=O) groups is 1. The second kappa shape index (κ2) is 5.53. The molecule has 0 spiro atoms. The lowest BCUT2D eigenvalue weighted by atomic mass is 9.99. The second-order valence-corrected chi connectivity index (χ2v) is 3.36. The summed E-state index contributed by atoms with van der Waals surface area (Å²) in [5, 5.41) is 36.8. The van der Waals surface area contributed by atoms with Gasteiger partial charge in [-0.25, -0.2) is 4.79 Å². The second-order valence-electron chi connectivity index (χ2n) is 3.36. The Balaban J connectivity index is 2.65. The fraction of sp³-hybridized carbons (Fsp3) is 0.875. The molecule has 1 rings (SSSR count). The predicted molar refractivity (Wildman–Crippen MR) is 46.6 cm³/mol. The van der Waals surface area contributed by atoms with Crippen LogP contribution in [-0.2, 0) is 19.3 Å². The normalized spacial score (nSPS) is 39.4. The number of aliphatic hydroxyl groups excluding tert-OH is 4. The largest absolute Gasteiger partial charge is 0.394 e. The number of rotatable bonds is 3. The summed E-state index contributed by atoms with van der Waals surface area (Å²) < 4.78 is 4.74. The van der Waals surface area contributed by atoms with E-state index in [4.69, 9.17) is 14.9 Å². The van der Waals surface area contributed by atoms with Crippen LogP contribution >= 0.6 is 0 Å². The van der Waals surface area contributed by atoms with E-state index in [0.717, 1.165) is 6.92 Å². The van der Waals surface area contributed by atoms with E-state index in [-0.39, 0.29) is 0 Å². The van der Waals surface area contributed by atoms with E-state index in [9.17, 15) is 15.0 Å². The molecule has 1 saturated heterocycles. The molecule has 1 fully saturated rings. The maximum Gasteiger partial charge on any atom is 0.339 e. The van der Waals surface area contributed by atoms with Crippen LogP contribution in [0.15, 0.2) is 0 Å². The highest BCUT2D eigenvalue weighted by atomic mass is 17.2. The van der Waals surface area contributed by atoms with Crippen molar-refractivity contribution in [1.82, 2.24) is 0 Å². The van der Waals surface area contributed by atoms with Crippen LogP contribution < -0.4 is 0 Å². The molecule has 0 saturated carbocycles. The summed E-state index contributed by atoms with van der Waals surface area (Å²) in [6.45, 7) is 0.502. The highest BCUT2D eigenvalue weighted by Gasteiger charge is 2.45. The van der Waals surface area contributed by atoms with Gasteiger partial charge in [-0.2, -0.15) is 4.89 Å². The summed E-state index contributed by atoms with van der Waals surface area (Å²) in [5.41, 5.74) is 0. The molecule has 4 N–H and O–H groups in total. The molecule has 8 heteroatoms. The van der Waals surface area contributed by atoms with Crippen molar-refractivity contribution in [3.8, 4) is 0 Å². The Morgan fingerprint density at radius 3 is 2.44 bits per heavy atom. The molecule has 0 amide bonds. The van der Waals surface area contributed by atoms with Crippen molar-refractivity contribution in [2.24, 2.45) is 0 Å². The van der Waals surface area contributed by atoms with Gasteiger partial charge in [0.1, 0.15) is 18.3 Å². The van der Waals surface area contributed by atoms with Gasteiger partial charge in [0.2, 0.25) is 0 Å². The van der Waals surface area contributed by atoms with Gasteiger partial charge >= 0.3 is 5.97 Å². The van der Waals surface area contributed by atoms with Crippen molar-refractivity contribution in [2.45, 2.75) is 37.6 Å². The SMILES string of the molecule is CC(=O)OO[C@@H]1[C@H](O)[C@@H](O)[C@H](O)O[C@@H]1CO. The first kappa shape index (κ1) is 13.3. The maximum atomic E-state index is 10.5. The van der Waals surface area contributed by atoms with Gasteiger partial charge in [0.15, 0.2) is 12.4 Å². The molecule has 0 radical (unpaired) electrons. The predicted octanol–water partition coefficient (Wildman–Crippen LogP) is -2.72. The van der Waals surface area contributed by atoms with Crippen LogP contribution in [0.1, 0.15) is 6.92 Å². The van der Waals surface area contributed by atoms with E-state index in [1.165, 1.54) is 0 Å². The van der Waals surface area contributed by atoms with Crippen molar-refractivity contribution in [1.29, 1.82) is 0 Å². The lowest BCUT2D eigenvalue weighted by Gasteiger charge is -2.38. The molecule has 5 atom stereocenters. The van der Waals surface area contributed by atoms with E-state index >= 15 is 0 Å². The first-order valence-corrected chi connectivity index (χ1v) is 4.61. The molecule has 16 heavy (non-hydrogen) atoms. The Morgan fingerprint density at radius 1 is 1.31 bits per heavy atom. The van der Waals surface area contributed by atoms with Gasteiger partial charge in [-0.3, -0.25) is 4.89 Å². The first-order valence-electron chi connectivity index (χ1n) is 4.61. The molecule has 0 aliphatic carbocycles. The number of hydrogen-bond donors (Lipinski definition) is 4. The lowest BCUT2D eigenvalue weighted by Crippen LogP contribution is -2.59. The molecule has 1 heterocycles. The minimum absolute atomic E-state index is 0.577. The van der Waals surface area contributed by atoms with Gasteiger partial charge in [-0.05, 0) is 0 Å². The maximum absolute atomic E-state index is 10.5. The average molecular weight is 238 g/mol. The van der Waals surface area contributed by atoms with Gasteiger partial charge < -0.3 is 25.2 Å². The molecule has 1 aliphatic rings. The van der Waals surface area contributed by atoms with Gasteiger partial charge in [-0.15, -0.1) is 0 Å². The molecule has 0 aromatic carbocycles. The molecule has 94 valence electrons. The van der Waals surface area contributed by atoms with Crippen LogP contribution in [0.3, 0.4) is 0 Å². The molecule has 8 nitrogen and oxygen atoms in total. The third kappa shape index (κ3) is 2.88. The van der Waals surface area contributed by atoms with E-state index < -0.39 is 43.3 Å². The summed E-state index contributed by atoms with van der Waals surface area (Å²) in [5.74, 6) is -0.760. The molecule has 0 unspecified atom stereocenters. The Morgan fingerprint density at radius 2 is 1.94 bits per heavy atom. The zero-order valence-electron chi connectivity index (χ0n) is 8.52. The summed E-state index contributed by atoms with van der Waals surface area (Å²) in [6, 6.07) is 0. The third-order valence-corrected chi connectivity index (χ3v) is 2.12. The smallest absolute Gasteiger partial charge is 0.339 e. The number of carbonyl (C=O) groups excluding carboxylic acids is 1. The minimum atomic E-state index is -1.63. The molecule has 0 aromatic heterocycles. The third-order valence-electron chi connectivity index (χ3n) is 2.12. The quantitative estimate of drug-likeness (QED) is 0.308. The van der Waals surface area contributed by atoms with Crippen LogP contribution in [0.5, 0.6) is 0 Å². The van der Waals surface area contributed by atoms with E-state index in [2.05, 4.69) is 9.78 Å². The molecule has 0 aromatic rings. The number of ether oxygens (including phenoxy) is 1. The summed E-state index contributed by atoms with van der Waals surface area (Å²) in [7, 11) is 0. The zero-order valence-corrected chi connectivity index (χ0v) is 8.52. The monoisotopic (exact) mass is 238 g/mol. The highest BCUT2D eigenvalue weighted by Crippen LogP contribution is 2.22. The van der Waals surface area contributed by atoms with Gasteiger partial charge in [0.25, 0.3) is 0 Å². The summed E-state index contributed by atoms with van der Waals surface area (Å²) in [6.07, 6.45) is -7.16. The summed E-state index contributed by atoms with van der Waals surface area (Å²) in [4.78, 5) is 19.2. The fourth-order valence-corrected chi connectivity index (χ4v) is 1.31. The van der Waals surface area contributed by atoms with Crippen LogP contribution in [0.2, 0.25) is 0 Å². The van der Waals surface area contributed by atoms with Crippen molar-refractivity contribution in [3.05, 3.63) is 0 Å². The van der Waals surface area contributed by atoms with Crippen molar-refractivity contribution in [2.75, 3.05) is 6.61 Å². The van der Waals surface area contributed by atoms with Crippen molar-refractivity contribution < 1.29 is 39.7 Å². The van der Waals surface area contributed by atoms with Crippen LogP contribution in [0, 0.1) is 0 Å². The van der Waals surface area contributed by atoms with E-state index in [0.29, 0.717) is 0 Å². The highest BCUT2D eigenvalue weighted by molar-refractivity contribution is 5.65. The van der Waals surface area contributed by atoms with E-state index in [1.807, 2.05) is 0 Å². The van der Waals surface area contributed by atoms with Crippen LogP contribution in [0.25, 0.3) is 0 Å². The van der Waals surface area contributed by atoms with Crippen molar-refractivity contribution in [3.63, 3.8) is 0 Å². The molecular weight excluding hydrogens is 224 g/mol. The Labute approximate surface area is 90.9 Å². The number of aliphatic hydroxyl groups is 4. The standard InChI is InChI=1S/C8H14O8/c1-3(10)15-16-7-4(2-9)14-8(13)6(12)5(7)11/h4-9,11-13H,2H2,1H3/t4-,5-,6-,7+,8-/m1/s1. The topological polar surface area (TPSA) is 126 Å². The van der Waals surface area contributed by atoms with Crippen LogP contribution in [0.4, 0.5) is 0 Å². The number of hydrogen-bond acceptors (Lipinski definition) is 8. The molecular formula is C8H14O8. The molecule has 1 aliphatic heterocycles. The Hall–Kier alpha value is -0.770. The summed E-state index contributed by atoms with van der Waals surface area (Å²) >= 11 is 0. The Kier molecular flexibility index (Phi) is 4.59.